The topological polar surface area (TPSA) is 50.7 Å². The van der Waals surface area contributed by atoms with E-state index < -0.39 is 11.7 Å². The molecule has 2 heterocycles. The summed E-state index contributed by atoms with van der Waals surface area (Å²) in [6, 6.07) is 1.76. The highest BCUT2D eigenvalue weighted by atomic mass is 35.5. The summed E-state index contributed by atoms with van der Waals surface area (Å²) in [4.78, 5) is 11.3. The molecule has 0 unspecified atom stereocenters. The van der Waals surface area contributed by atoms with Crippen LogP contribution in [-0.4, -0.2) is 15.0 Å². The summed E-state index contributed by atoms with van der Waals surface area (Å²) in [7, 11) is 0. The van der Waals surface area contributed by atoms with Gasteiger partial charge in [0.15, 0.2) is 5.82 Å². The third-order valence-electron chi connectivity index (χ3n) is 1.95. The molecule has 0 saturated carbocycles. The number of pyridine rings is 1. The first-order chi connectivity index (χ1) is 8.45. The maximum Gasteiger partial charge on any atom is 0.416 e. The number of aromatic nitrogens is 3. The Hall–Kier alpha value is -1.89. The Bertz CT molecular complexity index is 559. The van der Waals surface area contributed by atoms with Crippen LogP contribution < -0.4 is 5.32 Å². The lowest BCUT2D eigenvalue weighted by Crippen LogP contribution is -2.06. The minimum atomic E-state index is -4.42. The number of hydrogen-bond donors (Lipinski definition) is 1. The minimum absolute atomic E-state index is 0.0152. The summed E-state index contributed by atoms with van der Waals surface area (Å²) in [6.45, 7) is 0. The Morgan fingerprint density at radius 1 is 1.17 bits per heavy atom. The molecule has 0 aromatic carbocycles. The summed E-state index contributed by atoms with van der Waals surface area (Å²) in [5, 5.41) is 2.72. The first-order valence-electron chi connectivity index (χ1n) is 4.73. The molecule has 94 valence electrons. The maximum absolute atomic E-state index is 12.5. The van der Waals surface area contributed by atoms with Crippen molar-refractivity contribution in [2.45, 2.75) is 6.18 Å². The summed E-state index contributed by atoms with van der Waals surface area (Å²) >= 11 is 5.60. The Morgan fingerprint density at radius 2 is 1.94 bits per heavy atom. The normalized spacial score (nSPS) is 11.3. The van der Waals surface area contributed by atoms with E-state index in [2.05, 4.69) is 20.3 Å². The van der Waals surface area contributed by atoms with E-state index in [9.17, 15) is 13.2 Å². The number of nitrogens with one attached hydrogen (secondary N) is 1. The van der Waals surface area contributed by atoms with Gasteiger partial charge < -0.3 is 5.32 Å². The average molecular weight is 275 g/mol. The second-order valence-electron chi connectivity index (χ2n) is 3.28. The second-order valence-corrected chi connectivity index (χ2v) is 3.67. The monoisotopic (exact) mass is 274 g/mol. The van der Waals surface area contributed by atoms with Crippen LogP contribution in [-0.2, 0) is 6.18 Å². The SMILES string of the molecule is FC(F)(F)c1ccnc(Nc2cncc(Cl)n2)c1. The predicted molar refractivity (Wildman–Crippen MR) is 59.6 cm³/mol. The fraction of sp³-hybridized carbons (Fsp3) is 0.100. The molecule has 0 atom stereocenters. The van der Waals surface area contributed by atoms with Crippen molar-refractivity contribution in [1.82, 2.24) is 15.0 Å². The number of nitrogens with zero attached hydrogens (tertiary/aromatic N) is 3. The first-order valence-corrected chi connectivity index (χ1v) is 5.11. The van der Waals surface area contributed by atoms with E-state index in [1.165, 1.54) is 12.4 Å². The average Bonchev–Trinajstić information content (AvgIpc) is 2.28. The van der Waals surface area contributed by atoms with Gasteiger partial charge in [-0.3, -0.25) is 4.98 Å². The zero-order valence-corrected chi connectivity index (χ0v) is 9.50. The quantitative estimate of drug-likeness (QED) is 0.913. The van der Waals surface area contributed by atoms with Crippen LogP contribution in [0.15, 0.2) is 30.7 Å². The molecule has 0 spiro atoms. The van der Waals surface area contributed by atoms with Crippen LogP contribution >= 0.6 is 11.6 Å². The maximum atomic E-state index is 12.5. The molecule has 8 heteroatoms. The number of anilines is 2. The zero-order valence-electron chi connectivity index (χ0n) is 8.74. The van der Waals surface area contributed by atoms with Gasteiger partial charge in [-0.1, -0.05) is 11.6 Å². The van der Waals surface area contributed by atoms with Crippen LogP contribution in [0.5, 0.6) is 0 Å². The molecular formula is C10H6ClF3N4. The molecule has 2 aromatic heterocycles. The molecular weight excluding hydrogens is 269 g/mol. The van der Waals surface area contributed by atoms with Crippen molar-refractivity contribution in [3.8, 4) is 0 Å². The fourth-order valence-corrected chi connectivity index (χ4v) is 1.36. The van der Waals surface area contributed by atoms with Gasteiger partial charge in [0, 0.05) is 6.20 Å². The third kappa shape index (κ3) is 3.07. The van der Waals surface area contributed by atoms with Crippen molar-refractivity contribution >= 4 is 23.2 Å². The molecule has 18 heavy (non-hydrogen) atoms. The van der Waals surface area contributed by atoms with Gasteiger partial charge in [0.1, 0.15) is 11.0 Å². The highest BCUT2D eigenvalue weighted by Crippen LogP contribution is 2.30. The van der Waals surface area contributed by atoms with Gasteiger partial charge in [-0.2, -0.15) is 13.2 Å². The van der Waals surface area contributed by atoms with Crippen molar-refractivity contribution in [2.75, 3.05) is 5.32 Å². The van der Waals surface area contributed by atoms with Crippen LogP contribution in [0.3, 0.4) is 0 Å². The van der Waals surface area contributed by atoms with Crippen molar-refractivity contribution in [3.05, 3.63) is 41.4 Å². The Labute approximate surface area is 105 Å². The summed E-state index contributed by atoms with van der Waals surface area (Å²) < 4.78 is 37.4. The van der Waals surface area contributed by atoms with E-state index in [-0.39, 0.29) is 16.8 Å². The van der Waals surface area contributed by atoms with Gasteiger partial charge in [0.05, 0.1) is 18.0 Å². The van der Waals surface area contributed by atoms with Gasteiger partial charge in [-0.05, 0) is 12.1 Å². The Kier molecular flexibility index (Phi) is 3.33. The van der Waals surface area contributed by atoms with Crippen molar-refractivity contribution < 1.29 is 13.2 Å². The van der Waals surface area contributed by atoms with Gasteiger partial charge in [-0.25, -0.2) is 9.97 Å². The molecule has 0 aliphatic rings. The lowest BCUT2D eigenvalue weighted by Gasteiger charge is -2.09. The van der Waals surface area contributed by atoms with Crippen LogP contribution in [0.1, 0.15) is 5.56 Å². The van der Waals surface area contributed by atoms with E-state index in [4.69, 9.17) is 11.6 Å². The lowest BCUT2D eigenvalue weighted by atomic mass is 10.2. The smallest absolute Gasteiger partial charge is 0.324 e. The summed E-state index contributed by atoms with van der Waals surface area (Å²) in [5.41, 5.74) is -0.796. The molecule has 0 fully saturated rings. The van der Waals surface area contributed by atoms with Crippen molar-refractivity contribution in [2.24, 2.45) is 0 Å². The van der Waals surface area contributed by atoms with Gasteiger partial charge in [0.2, 0.25) is 0 Å². The van der Waals surface area contributed by atoms with E-state index in [1.54, 1.807) is 0 Å². The third-order valence-corrected chi connectivity index (χ3v) is 2.13. The van der Waals surface area contributed by atoms with Crippen LogP contribution in [0.2, 0.25) is 5.15 Å². The first kappa shape index (κ1) is 12.6. The van der Waals surface area contributed by atoms with E-state index >= 15 is 0 Å². The Morgan fingerprint density at radius 3 is 2.61 bits per heavy atom. The number of alkyl halides is 3. The van der Waals surface area contributed by atoms with Crippen LogP contribution in [0.4, 0.5) is 24.8 Å². The zero-order chi connectivity index (χ0) is 13.2. The van der Waals surface area contributed by atoms with Gasteiger partial charge in [0.25, 0.3) is 0 Å². The molecule has 4 nitrogen and oxygen atoms in total. The molecule has 0 radical (unpaired) electrons. The fourth-order valence-electron chi connectivity index (χ4n) is 1.21. The molecule has 1 N–H and O–H groups in total. The number of halogens is 4. The van der Waals surface area contributed by atoms with E-state index in [0.717, 1.165) is 18.3 Å². The standard InChI is InChI=1S/C10H6ClF3N4/c11-7-4-15-5-9(17-7)18-8-3-6(1-2-16-8)10(12,13)14/h1-5H,(H,16,17,18). The molecule has 2 rings (SSSR count). The predicted octanol–water partition coefficient (Wildman–Crippen LogP) is 3.29. The van der Waals surface area contributed by atoms with Crippen molar-refractivity contribution in [1.29, 1.82) is 0 Å². The highest BCUT2D eigenvalue weighted by molar-refractivity contribution is 6.29. The molecule has 2 aromatic rings. The van der Waals surface area contributed by atoms with E-state index in [1.807, 2.05) is 0 Å². The summed E-state index contributed by atoms with van der Waals surface area (Å²) in [6.07, 6.45) is -0.720. The van der Waals surface area contributed by atoms with Crippen molar-refractivity contribution in [3.63, 3.8) is 0 Å². The minimum Gasteiger partial charge on any atom is -0.324 e. The highest BCUT2D eigenvalue weighted by Gasteiger charge is 2.30. The second kappa shape index (κ2) is 4.77. The lowest BCUT2D eigenvalue weighted by molar-refractivity contribution is -0.137. The number of hydrogen-bond acceptors (Lipinski definition) is 4. The molecule has 0 bridgehead atoms. The molecule has 0 aliphatic carbocycles. The van der Waals surface area contributed by atoms with Gasteiger partial charge in [-0.15, -0.1) is 0 Å². The number of rotatable bonds is 2. The van der Waals surface area contributed by atoms with Gasteiger partial charge >= 0.3 is 6.18 Å². The van der Waals surface area contributed by atoms with Crippen LogP contribution in [0.25, 0.3) is 0 Å². The van der Waals surface area contributed by atoms with E-state index in [0.29, 0.717) is 0 Å². The Balaban J connectivity index is 2.25. The largest absolute Gasteiger partial charge is 0.416 e. The molecule has 0 aliphatic heterocycles. The molecule has 0 saturated heterocycles. The van der Waals surface area contributed by atoms with Crippen LogP contribution in [0, 0.1) is 0 Å². The summed E-state index contributed by atoms with van der Waals surface area (Å²) in [5.74, 6) is 0.232. The molecule has 0 amide bonds.